The topological polar surface area (TPSA) is 34.0 Å². The van der Waals surface area contributed by atoms with E-state index in [-0.39, 0.29) is 5.91 Å². The van der Waals surface area contributed by atoms with Crippen molar-refractivity contribution in [2.45, 2.75) is 19.4 Å². The molecule has 1 aliphatic carbocycles. The molecule has 0 saturated heterocycles. The summed E-state index contributed by atoms with van der Waals surface area (Å²) in [5, 5.41) is 3.01. The summed E-state index contributed by atoms with van der Waals surface area (Å²) in [6.45, 7) is 1.55. The van der Waals surface area contributed by atoms with Crippen molar-refractivity contribution in [3.63, 3.8) is 0 Å². The molecule has 1 aromatic carbocycles. The maximum absolute atomic E-state index is 12.1. The number of nitrogens with one attached hydrogen (secondary N) is 1. The summed E-state index contributed by atoms with van der Waals surface area (Å²) in [4.78, 5) is 12.1. The Balaban J connectivity index is 1.68. The lowest BCUT2D eigenvalue weighted by molar-refractivity contribution is 0.0943. The third kappa shape index (κ3) is 3.05. The maximum Gasteiger partial charge on any atom is 0.267 e. The van der Waals surface area contributed by atoms with E-state index < -0.39 is 0 Å². The van der Waals surface area contributed by atoms with E-state index in [4.69, 9.17) is 0 Å². The first kappa shape index (κ1) is 12.0. The van der Waals surface area contributed by atoms with Gasteiger partial charge >= 0.3 is 0 Å². The van der Waals surface area contributed by atoms with Crippen LogP contribution in [0, 0.1) is 5.92 Å². The Morgan fingerprint density at radius 1 is 1.16 bits per heavy atom. The van der Waals surface area contributed by atoms with Gasteiger partial charge < -0.3 is 9.88 Å². The summed E-state index contributed by atoms with van der Waals surface area (Å²) >= 11 is 0. The van der Waals surface area contributed by atoms with Crippen molar-refractivity contribution in [2.24, 2.45) is 5.92 Å². The summed E-state index contributed by atoms with van der Waals surface area (Å²) < 4.78 is 2.00. The van der Waals surface area contributed by atoms with E-state index in [0.29, 0.717) is 5.92 Å². The van der Waals surface area contributed by atoms with E-state index in [2.05, 4.69) is 17.4 Å². The molecule has 1 heterocycles. The quantitative estimate of drug-likeness (QED) is 0.874. The molecule has 1 N–H and O–H groups in total. The number of nitrogens with zero attached hydrogens (tertiary/aromatic N) is 1. The summed E-state index contributed by atoms with van der Waals surface area (Å²) in [5.74, 6) is 0.745. The van der Waals surface area contributed by atoms with Crippen LogP contribution in [0.4, 0.5) is 0 Å². The molecular weight excluding hydrogens is 236 g/mol. The van der Waals surface area contributed by atoms with E-state index in [1.807, 2.05) is 41.1 Å². The number of benzene rings is 1. The second-order valence-corrected chi connectivity index (χ2v) is 5.16. The van der Waals surface area contributed by atoms with Gasteiger partial charge in [-0.15, -0.1) is 0 Å². The number of carbonyl (C=O) groups is 1. The molecule has 0 aliphatic heterocycles. The van der Waals surface area contributed by atoms with E-state index >= 15 is 0 Å². The van der Waals surface area contributed by atoms with Crippen LogP contribution < -0.4 is 5.32 Å². The molecule has 3 nitrogen and oxygen atoms in total. The average Bonchev–Trinajstić information content (AvgIpc) is 3.16. The van der Waals surface area contributed by atoms with E-state index in [1.54, 1.807) is 0 Å². The van der Waals surface area contributed by atoms with Crippen molar-refractivity contribution in [1.82, 2.24) is 9.88 Å². The van der Waals surface area contributed by atoms with Gasteiger partial charge in [0.15, 0.2) is 0 Å². The molecule has 0 radical (unpaired) electrons. The summed E-state index contributed by atoms with van der Waals surface area (Å²) in [5.41, 5.74) is 1.94. The minimum atomic E-state index is 0.0350. The third-order valence-corrected chi connectivity index (χ3v) is 3.51. The summed E-state index contributed by atoms with van der Waals surface area (Å²) in [6, 6.07) is 14.0. The molecule has 0 atom stereocenters. The van der Waals surface area contributed by atoms with Crippen LogP contribution in [0.3, 0.4) is 0 Å². The zero-order valence-electron chi connectivity index (χ0n) is 10.9. The molecule has 2 aromatic rings. The van der Waals surface area contributed by atoms with Crippen molar-refractivity contribution >= 4 is 5.91 Å². The number of rotatable bonds is 5. The molecule has 1 amide bonds. The Morgan fingerprint density at radius 2 is 1.95 bits per heavy atom. The summed E-state index contributed by atoms with van der Waals surface area (Å²) in [7, 11) is 0. The first-order valence-corrected chi connectivity index (χ1v) is 6.80. The monoisotopic (exact) mass is 254 g/mol. The highest BCUT2D eigenvalue weighted by Crippen LogP contribution is 2.27. The van der Waals surface area contributed by atoms with Gasteiger partial charge in [0.05, 0.1) is 0 Å². The highest BCUT2D eigenvalue weighted by Gasteiger charge is 2.22. The Hall–Kier alpha value is -2.03. The van der Waals surface area contributed by atoms with Crippen molar-refractivity contribution in [3.05, 3.63) is 59.9 Å². The molecule has 1 aliphatic rings. The zero-order valence-corrected chi connectivity index (χ0v) is 10.9. The molecule has 0 spiro atoms. The molecule has 0 bridgehead atoms. The number of hydrogen-bond acceptors (Lipinski definition) is 1. The predicted octanol–water partition coefficient (Wildman–Crippen LogP) is 2.68. The Labute approximate surface area is 113 Å². The lowest BCUT2D eigenvalue weighted by Gasteiger charge is -2.09. The first-order chi connectivity index (χ1) is 9.33. The first-order valence-electron chi connectivity index (χ1n) is 6.80. The van der Waals surface area contributed by atoms with Crippen LogP contribution in [0.25, 0.3) is 0 Å². The van der Waals surface area contributed by atoms with Gasteiger partial charge in [0.25, 0.3) is 5.91 Å². The molecular formula is C16H18N2O. The standard InChI is InChI=1S/C16H18N2O/c19-16(17-11-13-8-9-13)15-7-4-10-18(15)12-14-5-2-1-3-6-14/h1-7,10,13H,8-9,11-12H2,(H,17,19). The van der Waals surface area contributed by atoms with Crippen molar-refractivity contribution in [2.75, 3.05) is 6.54 Å². The average molecular weight is 254 g/mol. The van der Waals surface area contributed by atoms with Crippen LogP contribution in [0.1, 0.15) is 28.9 Å². The lowest BCUT2D eigenvalue weighted by atomic mass is 10.2. The number of amides is 1. The van der Waals surface area contributed by atoms with Crippen LogP contribution in [0.2, 0.25) is 0 Å². The highest BCUT2D eigenvalue weighted by atomic mass is 16.1. The number of aromatic nitrogens is 1. The Morgan fingerprint density at radius 3 is 2.68 bits per heavy atom. The van der Waals surface area contributed by atoms with Gasteiger partial charge in [0.2, 0.25) is 0 Å². The zero-order chi connectivity index (χ0) is 13.1. The molecule has 19 heavy (non-hydrogen) atoms. The lowest BCUT2D eigenvalue weighted by Crippen LogP contribution is -2.27. The van der Waals surface area contributed by atoms with Crippen LogP contribution in [0.15, 0.2) is 48.7 Å². The molecule has 1 fully saturated rings. The number of carbonyl (C=O) groups excluding carboxylic acids is 1. The molecule has 3 rings (SSSR count). The number of hydrogen-bond donors (Lipinski definition) is 1. The van der Waals surface area contributed by atoms with Crippen LogP contribution in [0.5, 0.6) is 0 Å². The maximum atomic E-state index is 12.1. The van der Waals surface area contributed by atoms with Crippen LogP contribution in [-0.2, 0) is 6.54 Å². The van der Waals surface area contributed by atoms with Gasteiger partial charge in [-0.2, -0.15) is 0 Å². The van der Waals surface area contributed by atoms with E-state index in [9.17, 15) is 4.79 Å². The molecule has 1 saturated carbocycles. The van der Waals surface area contributed by atoms with Crippen molar-refractivity contribution < 1.29 is 4.79 Å². The minimum absolute atomic E-state index is 0.0350. The normalized spacial score (nSPS) is 14.3. The predicted molar refractivity (Wildman–Crippen MR) is 75.0 cm³/mol. The molecule has 1 aromatic heterocycles. The summed E-state index contributed by atoms with van der Waals surface area (Å²) in [6.07, 6.45) is 4.47. The third-order valence-electron chi connectivity index (χ3n) is 3.51. The largest absolute Gasteiger partial charge is 0.350 e. The fourth-order valence-corrected chi connectivity index (χ4v) is 2.19. The SMILES string of the molecule is O=C(NCC1CC1)c1cccn1Cc1ccccc1. The fraction of sp³-hybridized carbons (Fsp3) is 0.312. The molecule has 3 heteroatoms. The van der Waals surface area contributed by atoms with E-state index in [1.165, 1.54) is 18.4 Å². The van der Waals surface area contributed by atoms with E-state index in [0.717, 1.165) is 18.8 Å². The smallest absolute Gasteiger partial charge is 0.267 e. The second kappa shape index (κ2) is 5.31. The Kier molecular flexibility index (Phi) is 3.36. The minimum Gasteiger partial charge on any atom is -0.350 e. The second-order valence-electron chi connectivity index (χ2n) is 5.16. The van der Waals surface area contributed by atoms with Crippen LogP contribution >= 0.6 is 0 Å². The van der Waals surface area contributed by atoms with Gasteiger partial charge in [-0.05, 0) is 36.5 Å². The van der Waals surface area contributed by atoms with Gasteiger partial charge in [0.1, 0.15) is 5.69 Å². The fourth-order valence-electron chi connectivity index (χ4n) is 2.19. The highest BCUT2D eigenvalue weighted by molar-refractivity contribution is 5.92. The van der Waals surface area contributed by atoms with Gasteiger partial charge in [-0.3, -0.25) is 4.79 Å². The van der Waals surface area contributed by atoms with Gasteiger partial charge in [-0.25, -0.2) is 0 Å². The Bertz CT molecular complexity index is 555. The van der Waals surface area contributed by atoms with Crippen molar-refractivity contribution in [1.29, 1.82) is 0 Å². The molecule has 0 unspecified atom stereocenters. The van der Waals surface area contributed by atoms with Crippen LogP contribution in [-0.4, -0.2) is 17.0 Å². The van der Waals surface area contributed by atoms with Gasteiger partial charge in [0, 0.05) is 19.3 Å². The van der Waals surface area contributed by atoms with Gasteiger partial charge in [-0.1, -0.05) is 30.3 Å². The molecule has 98 valence electrons. The van der Waals surface area contributed by atoms with Crippen molar-refractivity contribution in [3.8, 4) is 0 Å².